The number of hydrogen-bond donors (Lipinski definition) is 1. The number of phosphoric ester groups is 1. The summed E-state index contributed by atoms with van der Waals surface area (Å²) < 4.78 is 22.3. The molecule has 0 aliphatic carbocycles. The van der Waals surface area contributed by atoms with Crippen LogP contribution in [0.1, 0.15) is 11.1 Å². The van der Waals surface area contributed by atoms with Crippen LogP contribution < -0.4 is 9.05 Å². The number of halogens is 2. The summed E-state index contributed by atoms with van der Waals surface area (Å²) >= 11 is 11.5. The molecule has 2 rings (SSSR count). The zero-order chi connectivity index (χ0) is 15.3. The molecule has 7 heteroatoms. The molecule has 0 saturated heterocycles. The van der Waals surface area contributed by atoms with Crippen molar-refractivity contribution in [3.63, 3.8) is 0 Å². The molecule has 2 aromatic carbocycles. The molecular formula is C14H13Cl2O4P. The highest BCUT2D eigenvalue weighted by Crippen LogP contribution is 2.46. The molecule has 112 valence electrons. The minimum atomic E-state index is -4.33. The van der Waals surface area contributed by atoms with E-state index in [9.17, 15) is 9.46 Å². The van der Waals surface area contributed by atoms with E-state index in [2.05, 4.69) is 0 Å². The maximum atomic E-state index is 12.1. The highest BCUT2D eigenvalue weighted by molar-refractivity contribution is 7.48. The zero-order valence-corrected chi connectivity index (χ0v) is 13.3. The third kappa shape index (κ3) is 4.39. The maximum Gasteiger partial charge on any atom is 0.584 e. The van der Waals surface area contributed by atoms with Crippen LogP contribution >= 0.6 is 31.0 Å². The van der Waals surface area contributed by atoms with E-state index in [1.165, 1.54) is 0 Å². The van der Waals surface area contributed by atoms with Gasteiger partial charge in [0.1, 0.15) is 11.5 Å². The van der Waals surface area contributed by atoms with Gasteiger partial charge in [-0.2, -0.15) is 0 Å². The topological polar surface area (TPSA) is 55.8 Å². The van der Waals surface area contributed by atoms with E-state index in [0.717, 1.165) is 0 Å². The van der Waals surface area contributed by atoms with E-state index in [0.29, 0.717) is 11.1 Å². The molecule has 0 aliphatic heterocycles. The largest absolute Gasteiger partial charge is 0.584 e. The lowest BCUT2D eigenvalue weighted by Crippen LogP contribution is -2.02. The first-order valence-electron chi connectivity index (χ1n) is 6.05. The number of benzene rings is 2. The normalized spacial score (nSPS) is 11.2. The van der Waals surface area contributed by atoms with Crippen molar-refractivity contribution in [2.24, 2.45) is 0 Å². The Labute approximate surface area is 132 Å². The van der Waals surface area contributed by atoms with Gasteiger partial charge in [0.05, 0.1) is 11.8 Å². The van der Waals surface area contributed by atoms with E-state index < -0.39 is 7.82 Å². The van der Waals surface area contributed by atoms with E-state index in [1.54, 1.807) is 48.5 Å². The summed E-state index contributed by atoms with van der Waals surface area (Å²) in [6.45, 7) is 0. The monoisotopic (exact) mass is 346 g/mol. The third-order valence-corrected chi connectivity index (χ3v) is 4.09. The summed E-state index contributed by atoms with van der Waals surface area (Å²) in [7, 11) is -4.33. The smallest absolute Gasteiger partial charge is 0.395 e. The van der Waals surface area contributed by atoms with Crippen LogP contribution in [-0.2, 0) is 16.3 Å². The van der Waals surface area contributed by atoms with E-state index >= 15 is 0 Å². The second-order valence-electron chi connectivity index (χ2n) is 4.13. The summed E-state index contributed by atoms with van der Waals surface area (Å²) in [4.78, 5) is 9.89. The second-order valence-corrected chi connectivity index (χ2v) is 5.97. The van der Waals surface area contributed by atoms with Crippen LogP contribution in [-0.4, -0.2) is 4.89 Å². The minimum Gasteiger partial charge on any atom is -0.395 e. The van der Waals surface area contributed by atoms with Crippen molar-refractivity contribution in [2.75, 3.05) is 0 Å². The zero-order valence-electron chi connectivity index (χ0n) is 10.9. The fourth-order valence-electron chi connectivity index (χ4n) is 1.67. The van der Waals surface area contributed by atoms with Crippen molar-refractivity contribution in [2.45, 2.75) is 11.8 Å². The van der Waals surface area contributed by atoms with Gasteiger partial charge in [0.2, 0.25) is 0 Å². The number of rotatable bonds is 6. The summed E-state index contributed by atoms with van der Waals surface area (Å²) in [5.41, 5.74) is 1.20. The van der Waals surface area contributed by atoms with Crippen LogP contribution in [0.4, 0.5) is 0 Å². The van der Waals surface area contributed by atoms with Crippen LogP contribution in [0.2, 0.25) is 0 Å². The van der Waals surface area contributed by atoms with Gasteiger partial charge in [-0.05, 0) is 12.1 Å². The van der Waals surface area contributed by atoms with Crippen molar-refractivity contribution in [1.82, 2.24) is 0 Å². The van der Waals surface area contributed by atoms with Crippen LogP contribution in [0.5, 0.6) is 11.5 Å². The fraction of sp³-hybridized carbons (Fsp3) is 0.143. The van der Waals surface area contributed by atoms with Gasteiger partial charge in [0, 0.05) is 11.1 Å². The van der Waals surface area contributed by atoms with E-state index in [1.807, 2.05) is 0 Å². The highest BCUT2D eigenvalue weighted by atomic mass is 35.5. The van der Waals surface area contributed by atoms with E-state index in [-0.39, 0.29) is 23.3 Å². The Hall–Kier alpha value is -1.19. The standard InChI is InChI=1S/C14H13Cl2O4P/c15-9-11-5-1-3-7-13(11)19-21(17,18)20-14-8-4-2-6-12(14)10-16/h1-8H,9-10H2,(H,17,18). The van der Waals surface area contributed by atoms with Gasteiger partial charge >= 0.3 is 7.82 Å². The second kappa shape index (κ2) is 7.19. The minimum absolute atomic E-state index is 0.161. The van der Waals surface area contributed by atoms with Gasteiger partial charge in [0.25, 0.3) is 0 Å². The van der Waals surface area contributed by atoms with Gasteiger partial charge in [-0.3, -0.25) is 4.89 Å². The highest BCUT2D eigenvalue weighted by Gasteiger charge is 2.27. The molecule has 0 heterocycles. The first kappa shape index (κ1) is 16.2. The average Bonchev–Trinajstić information content (AvgIpc) is 2.47. The van der Waals surface area contributed by atoms with Crippen molar-refractivity contribution in [1.29, 1.82) is 0 Å². The Morgan fingerprint density at radius 3 is 1.62 bits per heavy atom. The molecular weight excluding hydrogens is 334 g/mol. The molecule has 1 N–H and O–H groups in total. The number of phosphoric acid groups is 1. The van der Waals surface area contributed by atoms with Crippen LogP contribution in [0.25, 0.3) is 0 Å². The van der Waals surface area contributed by atoms with Gasteiger partial charge < -0.3 is 9.05 Å². The molecule has 0 atom stereocenters. The van der Waals surface area contributed by atoms with Crippen molar-refractivity contribution in [3.8, 4) is 11.5 Å². The molecule has 0 radical (unpaired) electrons. The van der Waals surface area contributed by atoms with Gasteiger partial charge in [0.15, 0.2) is 0 Å². The molecule has 0 amide bonds. The summed E-state index contributed by atoms with van der Waals surface area (Å²) in [5.74, 6) is 0.742. The molecule has 21 heavy (non-hydrogen) atoms. The summed E-state index contributed by atoms with van der Waals surface area (Å²) in [6.07, 6.45) is 0. The Balaban J connectivity index is 2.20. The molecule has 0 aliphatic rings. The third-order valence-electron chi connectivity index (χ3n) is 2.66. The van der Waals surface area contributed by atoms with Gasteiger partial charge in [-0.15, -0.1) is 23.2 Å². The lowest BCUT2D eigenvalue weighted by Gasteiger charge is -2.16. The summed E-state index contributed by atoms with van der Waals surface area (Å²) in [6, 6.07) is 13.4. The molecule has 4 nitrogen and oxygen atoms in total. The number of para-hydroxylation sites is 2. The Morgan fingerprint density at radius 2 is 1.24 bits per heavy atom. The Morgan fingerprint density at radius 1 is 0.857 bits per heavy atom. The SMILES string of the molecule is O=P(O)(Oc1ccccc1CCl)Oc1ccccc1CCl. The molecule has 0 aromatic heterocycles. The lowest BCUT2D eigenvalue weighted by atomic mass is 10.2. The number of hydrogen-bond acceptors (Lipinski definition) is 3. The quantitative estimate of drug-likeness (QED) is 0.607. The van der Waals surface area contributed by atoms with Crippen LogP contribution in [0, 0.1) is 0 Å². The first-order valence-corrected chi connectivity index (χ1v) is 8.62. The Bertz CT molecular complexity index is 609. The fourth-order valence-corrected chi connectivity index (χ4v) is 3.01. The average molecular weight is 347 g/mol. The lowest BCUT2D eigenvalue weighted by molar-refractivity contribution is 0.289. The molecule has 0 unspecified atom stereocenters. The van der Waals surface area contributed by atoms with Gasteiger partial charge in [-0.25, -0.2) is 4.57 Å². The van der Waals surface area contributed by atoms with Gasteiger partial charge in [-0.1, -0.05) is 36.4 Å². The summed E-state index contributed by atoms with van der Waals surface area (Å²) in [5, 5.41) is 0. The maximum absolute atomic E-state index is 12.1. The molecule has 0 bridgehead atoms. The molecule has 2 aromatic rings. The van der Waals surface area contributed by atoms with Crippen LogP contribution in [0.3, 0.4) is 0 Å². The molecule has 0 saturated carbocycles. The first-order chi connectivity index (χ1) is 10.1. The van der Waals surface area contributed by atoms with E-state index in [4.69, 9.17) is 32.2 Å². The van der Waals surface area contributed by atoms with Crippen molar-refractivity contribution < 1.29 is 18.5 Å². The van der Waals surface area contributed by atoms with Crippen LogP contribution in [0.15, 0.2) is 48.5 Å². The predicted octanol–water partition coefficient (Wildman–Crippen LogP) is 4.72. The van der Waals surface area contributed by atoms with Crippen molar-refractivity contribution >= 4 is 31.0 Å². The Kier molecular flexibility index (Phi) is 5.54. The predicted molar refractivity (Wildman–Crippen MR) is 83.1 cm³/mol. The van der Waals surface area contributed by atoms with Crippen molar-refractivity contribution in [3.05, 3.63) is 59.7 Å². The molecule has 0 spiro atoms. The number of alkyl halides is 2. The molecule has 0 fully saturated rings.